The van der Waals surface area contributed by atoms with Gasteiger partial charge in [-0.2, -0.15) is 0 Å². The van der Waals surface area contributed by atoms with Crippen LogP contribution in [0.15, 0.2) is 54.6 Å². The van der Waals surface area contributed by atoms with Gasteiger partial charge in [-0.15, -0.1) is 0 Å². The summed E-state index contributed by atoms with van der Waals surface area (Å²) in [4.78, 5) is 23.5. The highest BCUT2D eigenvalue weighted by Crippen LogP contribution is 2.09. The van der Waals surface area contributed by atoms with E-state index in [4.69, 9.17) is 0 Å². The lowest BCUT2D eigenvalue weighted by molar-refractivity contribution is 0.0956. The lowest BCUT2D eigenvalue weighted by atomic mass is 10.1. The number of hydrogen-bond donors (Lipinski definition) is 3. The summed E-state index contributed by atoms with van der Waals surface area (Å²) in [5.41, 5.74) is 2.40. The Balaban J connectivity index is 1.77. The van der Waals surface area contributed by atoms with Crippen LogP contribution in [-0.2, 0) is 6.42 Å². The van der Waals surface area contributed by atoms with Crippen molar-refractivity contribution >= 4 is 17.6 Å². The molecule has 5 heteroatoms. The number of carbonyl (C=O) groups excluding carboxylic acids is 2. The van der Waals surface area contributed by atoms with Crippen LogP contribution in [0, 0.1) is 0 Å². The molecule has 2 aromatic carbocycles. The predicted molar refractivity (Wildman–Crippen MR) is 91.6 cm³/mol. The minimum atomic E-state index is -0.258. The zero-order chi connectivity index (χ0) is 16.5. The molecular weight excluding hydrogens is 290 g/mol. The Kier molecular flexibility index (Phi) is 6.17. The Labute approximate surface area is 136 Å². The molecule has 0 aliphatic carbocycles. The van der Waals surface area contributed by atoms with Gasteiger partial charge in [-0.3, -0.25) is 4.79 Å². The molecule has 120 valence electrons. The van der Waals surface area contributed by atoms with E-state index in [0.717, 1.165) is 6.42 Å². The normalized spacial score (nSPS) is 9.96. The van der Waals surface area contributed by atoms with Crippen LogP contribution in [-0.4, -0.2) is 25.0 Å². The fourth-order valence-electron chi connectivity index (χ4n) is 2.11. The van der Waals surface area contributed by atoms with Gasteiger partial charge in [0.25, 0.3) is 5.91 Å². The highest BCUT2D eigenvalue weighted by Gasteiger charge is 2.05. The Hall–Kier alpha value is -2.82. The molecule has 0 bridgehead atoms. The van der Waals surface area contributed by atoms with Crippen LogP contribution >= 0.6 is 0 Å². The minimum Gasteiger partial charge on any atom is -0.352 e. The van der Waals surface area contributed by atoms with E-state index in [1.807, 2.05) is 37.3 Å². The van der Waals surface area contributed by atoms with Gasteiger partial charge in [-0.1, -0.05) is 30.3 Å². The van der Waals surface area contributed by atoms with E-state index >= 15 is 0 Å². The van der Waals surface area contributed by atoms with Gasteiger partial charge in [-0.05, 0) is 43.2 Å². The number of benzene rings is 2. The van der Waals surface area contributed by atoms with E-state index in [-0.39, 0.29) is 11.9 Å². The average Bonchev–Trinajstić information content (AvgIpc) is 2.57. The van der Waals surface area contributed by atoms with E-state index in [2.05, 4.69) is 16.0 Å². The third kappa shape index (κ3) is 5.47. The van der Waals surface area contributed by atoms with Gasteiger partial charge in [0.1, 0.15) is 0 Å². The molecule has 0 fully saturated rings. The maximum absolute atomic E-state index is 11.8. The summed E-state index contributed by atoms with van der Waals surface area (Å²) in [6, 6.07) is 16.5. The van der Waals surface area contributed by atoms with Gasteiger partial charge in [0.15, 0.2) is 0 Å². The second kappa shape index (κ2) is 8.58. The first kappa shape index (κ1) is 16.5. The Morgan fingerprint density at radius 1 is 0.913 bits per heavy atom. The highest BCUT2D eigenvalue weighted by atomic mass is 16.2. The molecule has 2 rings (SSSR count). The fourth-order valence-corrected chi connectivity index (χ4v) is 2.11. The van der Waals surface area contributed by atoms with Crippen LogP contribution in [0.2, 0.25) is 0 Å². The average molecular weight is 311 g/mol. The number of nitrogens with one attached hydrogen (secondary N) is 3. The molecule has 3 amide bonds. The molecule has 0 radical (unpaired) electrons. The van der Waals surface area contributed by atoms with Crippen molar-refractivity contribution in [2.45, 2.75) is 13.3 Å². The summed E-state index contributed by atoms with van der Waals surface area (Å²) in [7, 11) is 0. The minimum absolute atomic E-state index is 0.119. The van der Waals surface area contributed by atoms with E-state index in [1.54, 1.807) is 24.3 Å². The first-order valence-electron chi connectivity index (χ1n) is 7.66. The molecule has 0 aliphatic rings. The maximum Gasteiger partial charge on any atom is 0.319 e. The van der Waals surface area contributed by atoms with Gasteiger partial charge in [-0.25, -0.2) is 4.79 Å². The molecule has 5 nitrogen and oxygen atoms in total. The van der Waals surface area contributed by atoms with Crippen molar-refractivity contribution < 1.29 is 9.59 Å². The van der Waals surface area contributed by atoms with Crippen molar-refractivity contribution in [3.8, 4) is 0 Å². The molecule has 0 saturated heterocycles. The van der Waals surface area contributed by atoms with Crippen molar-refractivity contribution in [2.24, 2.45) is 0 Å². The number of hydrogen-bond acceptors (Lipinski definition) is 2. The van der Waals surface area contributed by atoms with Gasteiger partial charge in [0.05, 0.1) is 0 Å². The third-order valence-electron chi connectivity index (χ3n) is 3.28. The number of urea groups is 1. The number of amides is 3. The second-order valence-corrected chi connectivity index (χ2v) is 5.05. The molecule has 0 spiro atoms. The molecule has 0 unspecified atom stereocenters. The molecule has 3 N–H and O–H groups in total. The molecular formula is C18H21N3O2. The zero-order valence-electron chi connectivity index (χ0n) is 13.1. The first-order valence-corrected chi connectivity index (χ1v) is 7.66. The van der Waals surface area contributed by atoms with Gasteiger partial charge >= 0.3 is 6.03 Å². The predicted octanol–water partition coefficient (Wildman–Crippen LogP) is 2.80. The van der Waals surface area contributed by atoms with Crippen molar-refractivity contribution in [2.75, 3.05) is 18.4 Å². The summed E-state index contributed by atoms with van der Waals surface area (Å²) in [5, 5.41) is 8.28. The van der Waals surface area contributed by atoms with Crippen LogP contribution in [0.4, 0.5) is 10.5 Å². The summed E-state index contributed by atoms with van der Waals surface area (Å²) in [5.74, 6) is -0.119. The van der Waals surface area contributed by atoms with Crippen LogP contribution < -0.4 is 16.0 Å². The van der Waals surface area contributed by atoms with Crippen LogP contribution in [0.25, 0.3) is 0 Å². The molecule has 0 aromatic heterocycles. The number of anilines is 1. The Morgan fingerprint density at radius 3 is 2.26 bits per heavy atom. The van der Waals surface area contributed by atoms with E-state index in [1.165, 1.54) is 5.56 Å². The van der Waals surface area contributed by atoms with E-state index < -0.39 is 0 Å². The van der Waals surface area contributed by atoms with Crippen LogP contribution in [0.1, 0.15) is 22.8 Å². The van der Waals surface area contributed by atoms with Crippen molar-refractivity contribution in [1.82, 2.24) is 10.6 Å². The number of carbonyl (C=O) groups is 2. The first-order chi connectivity index (χ1) is 11.2. The van der Waals surface area contributed by atoms with E-state index in [9.17, 15) is 9.59 Å². The summed E-state index contributed by atoms with van der Waals surface area (Å²) < 4.78 is 0. The summed E-state index contributed by atoms with van der Waals surface area (Å²) >= 11 is 0. The smallest absolute Gasteiger partial charge is 0.319 e. The molecule has 0 saturated carbocycles. The van der Waals surface area contributed by atoms with Crippen molar-refractivity contribution in [3.05, 3.63) is 65.7 Å². The molecule has 0 heterocycles. The maximum atomic E-state index is 11.8. The quantitative estimate of drug-likeness (QED) is 0.768. The molecule has 0 atom stereocenters. The van der Waals surface area contributed by atoms with Crippen molar-refractivity contribution in [1.29, 1.82) is 0 Å². The summed E-state index contributed by atoms with van der Waals surface area (Å²) in [6.07, 6.45) is 0.782. The molecule has 2 aromatic rings. The lowest BCUT2D eigenvalue weighted by Gasteiger charge is -2.08. The topological polar surface area (TPSA) is 70.2 Å². The number of rotatable bonds is 6. The third-order valence-corrected chi connectivity index (χ3v) is 3.28. The van der Waals surface area contributed by atoms with Gasteiger partial charge in [0.2, 0.25) is 0 Å². The second-order valence-electron chi connectivity index (χ2n) is 5.05. The van der Waals surface area contributed by atoms with Gasteiger partial charge < -0.3 is 16.0 Å². The molecule has 23 heavy (non-hydrogen) atoms. The Morgan fingerprint density at radius 2 is 1.61 bits per heavy atom. The van der Waals surface area contributed by atoms with Crippen LogP contribution in [0.5, 0.6) is 0 Å². The zero-order valence-corrected chi connectivity index (χ0v) is 13.1. The standard InChI is InChI=1S/C18H21N3O2/c1-2-19-17(22)15-8-10-16(11-9-15)21-18(23)20-13-12-14-6-4-3-5-7-14/h3-11H,2,12-13H2,1H3,(H,19,22)(H2,20,21,23). The fraction of sp³-hybridized carbons (Fsp3) is 0.222. The monoisotopic (exact) mass is 311 g/mol. The largest absolute Gasteiger partial charge is 0.352 e. The Bertz CT molecular complexity index is 639. The SMILES string of the molecule is CCNC(=O)c1ccc(NC(=O)NCCc2ccccc2)cc1. The highest BCUT2D eigenvalue weighted by molar-refractivity contribution is 5.95. The molecule has 0 aliphatic heterocycles. The van der Waals surface area contributed by atoms with E-state index in [0.29, 0.717) is 24.3 Å². The van der Waals surface area contributed by atoms with Gasteiger partial charge in [0, 0.05) is 24.3 Å². The van der Waals surface area contributed by atoms with Crippen molar-refractivity contribution in [3.63, 3.8) is 0 Å². The van der Waals surface area contributed by atoms with Crippen LogP contribution in [0.3, 0.4) is 0 Å². The lowest BCUT2D eigenvalue weighted by Crippen LogP contribution is -2.30. The summed E-state index contributed by atoms with van der Waals surface area (Å²) in [6.45, 7) is 3.02.